The van der Waals surface area contributed by atoms with Gasteiger partial charge in [0.2, 0.25) is 0 Å². The number of aromatic carboxylic acids is 1. The van der Waals surface area contributed by atoms with Gasteiger partial charge < -0.3 is 5.11 Å². The van der Waals surface area contributed by atoms with E-state index in [1.165, 1.54) is 0 Å². The maximum Gasteiger partial charge on any atom is 0.335 e. The molecule has 0 aliphatic heterocycles. The number of carbonyl (C=O) groups is 1. The molecule has 0 heterocycles. The third-order valence-corrected chi connectivity index (χ3v) is 2.12. The lowest BCUT2D eigenvalue weighted by Gasteiger charge is -2.07. The first kappa shape index (κ1) is 12.1. The summed E-state index contributed by atoms with van der Waals surface area (Å²) in [4.78, 5) is 10.8. The van der Waals surface area contributed by atoms with Gasteiger partial charge in [-0.3, -0.25) is 0 Å². The molecule has 1 aromatic carbocycles. The lowest BCUT2D eigenvalue weighted by Crippen LogP contribution is -2.03. The summed E-state index contributed by atoms with van der Waals surface area (Å²) in [6, 6.07) is 5.23. The molecule has 0 unspecified atom stereocenters. The maximum absolute atomic E-state index is 12.4. The van der Waals surface area contributed by atoms with Crippen molar-refractivity contribution in [3.63, 3.8) is 0 Å². The number of benzene rings is 1. The lowest BCUT2D eigenvalue weighted by molar-refractivity contribution is 0.0695. The fraction of sp³-hybridized carbons (Fsp3) is 0.273. The Bertz CT molecular complexity index is 438. The Balaban J connectivity index is 3.11. The summed E-state index contributed by atoms with van der Waals surface area (Å²) < 4.78 is 24.8. The third-order valence-electron chi connectivity index (χ3n) is 2.12. The van der Waals surface area contributed by atoms with Gasteiger partial charge in [0, 0.05) is 12.0 Å². The summed E-state index contributed by atoms with van der Waals surface area (Å²) in [6.07, 6.45) is -2.37. The van der Waals surface area contributed by atoms with E-state index < -0.39 is 12.4 Å². The summed E-state index contributed by atoms with van der Waals surface area (Å²) >= 11 is 0. The summed E-state index contributed by atoms with van der Waals surface area (Å²) in [5.74, 6) is -1.17. The summed E-state index contributed by atoms with van der Waals surface area (Å²) in [7, 11) is 0. The first-order valence-electron chi connectivity index (χ1n) is 4.57. The van der Waals surface area contributed by atoms with Gasteiger partial charge in [-0.15, -0.1) is 0 Å². The second-order valence-electron chi connectivity index (χ2n) is 3.18. The normalized spacial score (nSPS) is 10.1. The lowest BCUT2D eigenvalue weighted by atomic mass is 10.0. The SMILES string of the molecule is N#CCCc1cc(C(F)F)ccc1C(=O)O. The molecule has 0 radical (unpaired) electrons. The predicted octanol–water partition coefficient (Wildman–Crippen LogP) is 2.78. The number of rotatable bonds is 4. The monoisotopic (exact) mass is 225 g/mol. The van der Waals surface area contributed by atoms with E-state index in [9.17, 15) is 13.6 Å². The number of nitriles is 1. The highest BCUT2D eigenvalue weighted by Gasteiger charge is 2.14. The predicted molar refractivity (Wildman–Crippen MR) is 52.3 cm³/mol. The zero-order valence-corrected chi connectivity index (χ0v) is 8.28. The highest BCUT2D eigenvalue weighted by Crippen LogP contribution is 2.22. The molecule has 5 heteroatoms. The fourth-order valence-electron chi connectivity index (χ4n) is 1.36. The van der Waals surface area contributed by atoms with Crippen LogP contribution in [0.4, 0.5) is 8.78 Å². The molecule has 0 spiro atoms. The molecule has 0 aliphatic carbocycles. The van der Waals surface area contributed by atoms with Gasteiger partial charge in [0.1, 0.15) is 0 Å². The van der Waals surface area contributed by atoms with E-state index in [0.29, 0.717) is 0 Å². The van der Waals surface area contributed by atoms with Gasteiger partial charge in [0.05, 0.1) is 11.6 Å². The molecule has 0 saturated carbocycles. The Morgan fingerprint density at radius 3 is 2.69 bits per heavy atom. The van der Waals surface area contributed by atoms with E-state index in [-0.39, 0.29) is 29.5 Å². The first-order valence-corrected chi connectivity index (χ1v) is 4.57. The number of aryl methyl sites for hydroxylation is 1. The molecule has 0 fully saturated rings. The minimum atomic E-state index is -2.64. The molecule has 0 atom stereocenters. The number of nitrogens with zero attached hydrogens (tertiary/aromatic N) is 1. The van der Waals surface area contributed by atoms with Crippen LogP contribution in [0.25, 0.3) is 0 Å². The van der Waals surface area contributed by atoms with Crippen LogP contribution in [0.2, 0.25) is 0 Å². The van der Waals surface area contributed by atoms with Gasteiger partial charge in [-0.25, -0.2) is 13.6 Å². The van der Waals surface area contributed by atoms with Gasteiger partial charge >= 0.3 is 5.97 Å². The van der Waals surface area contributed by atoms with Crippen LogP contribution in [0.15, 0.2) is 18.2 Å². The van der Waals surface area contributed by atoms with E-state index in [1.807, 2.05) is 6.07 Å². The van der Waals surface area contributed by atoms with Crippen molar-refractivity contribution in [1.82, 2.24) is 0 Å². The average molecular weight is 225 g/mol. The van der Waals surface area contributed by atoms with Gasteiger partial charge in [-0.05, 0) is 24.1 Å². The number of hydrogen-bond donors (Lipinski definition) is 1. The summed E-state index contributed by atoms with van der Waals surface area (Å²) in [5.41, 5.74) is 0.0180. The fourth-order valence-corrected chi connectivity index (χ4v) is 1.36. The smallest absolute Gasteiger partial charge is 0.335 e. The minimum Gasteiger partial charge on any atom is -0.478 e. The number of halogens is 2. The summed E-state index contributed by atoms with van der Waals surface area (Å²) in [5, 5.41) is 17.2. The van der Waals surface area contributed by atoms with Crippen LogP contribution in [0.5, 0.6) is 0 Å². The second kappa shape index (κ2) is 5.21. The standard InChI is InChI=1S/C11H9F2NO2/c12-10(13)8-3-4-9(11(15)16)7(6-8)2-1-5-14/h3-4,6,10H,1-2H2,(H,15,16). The van der Waals surface area contributed by atoms with Gasteiger partial charge in [0.25, 0.3) is 6.43 Å². The number of carboxylic acid groups (broad SMARTS) is 1. The largest absolute Gasteiger partial charge is 0.478 e. The first-order chi connectivity index (χ1) is 7.56. The Hall–Kier alpha value is -1.96. The van der Waals surface area contributed by atoms with E-state index in [4.69, 9.17) is 10.4 Å². The van der Waals surface area contributed by atoms with Gasteiger partial charge in [0.15, 0.2) is 0 Å². The number of hydrogen-bond acceptors (Lipinski definition) is 2. The molecular formula is C11H9F2NO2. The van der Waals surface area contributed by atoms with Crippen molar-refractivity contribution in [1.29, 1.82) is 5.26 Å². The molecule has 0 amide bonds. The molecule has 0 aromatic heterocycles. The highest BCUT2D eigenvalue weighted by atomic mass is 19.3. The number of alkyl halides is 2. The Morgan fingerprint density at radius 1 is 1.50 bits per heavy atom. The van der Waals surface area contributed by atoms with E-state index in [1.54, 1.807) is 0 Å². The van der Waals surface area contributed by atoms with Gasteiger partial charge in [-0.2, -0.15) is 5.26 Å². The van der Waals surface area contributed by atoms with E-state index in [2.05, 4.69) is 0 Å². The van der Waals surface area contributed by atoms with Crippen molar-refractivity contribution in [3.05, 3.63) is 34.9 Å². The van der Waals surface area contributed by atoms with Gasteiger partial charge in [-0.1, -0.05) is 6.07 Å². The molecule has 1 N–H and O–H groups in total. The third kappa shape index (κ3) is 2.76. The Morgan fingerprint density at radius 2 is 2.19 bits per heavy atom. The maximum atomic E-state index is 12.4. The Kier molecular flexibility index (Phi) is 3.95. The van der Waals surface area contributed by atoms with Crippen molar-refractivity contribution in [2.45, 2.75) is 19.3 Å². The molecule has 3 nitrogen and oxygen atoms in total. The molecule has 16 heavy (non-hydrogen) atoms. The average Bonchev–Trinajstić information content (AvgIpc) is 2.25. The van der Waals surface area contributed by atoms with Crippen LogP contribution in [0, 0.1) is 11.3 Å². The molecule has 0 saturated heterocycles. The molecule has 1 aromatic rings. The number of carboxylic acids is 1. The topological polar surface area (TPSA) is 61.1 Å². The van der Waals surface area contributed by atoms with Crippen molar-refractivity contribution in [3.8, 4) is 6.07 Å². The van der Waals surface area contributed by atoms with Crippen molar-refractivity contribution < 1.29 is 18.7 Å². The van der Waals surface area contributed by atoms with Crippen LogP contribution in [-0.2, 0) is 6.42 Å². The van der Waals surface area contributed by atoms with Crippen LogP contribution in [-0.4, -0.2) is 11.1 Å². The zero-order chi connectivity index (χ0) is 12.1. The Labute approximate surface area is 90.9 Å². The summed E-state index contributed by atoms with van der Waals surface area (Å²) in [6.45, 7) is 0. The van der Waals surface area contributed by atoms with Crippen molar-refractivity contribution in [2.24, 2.45) is 0 Å². The second-order valence-corrected chi connectivity index (χ2v) is 3.18. The molecule has 0 aliphatic rings. The quantitative estimate of drug-likeness (QED) is 0.856. The van der Waals surface area contributed by atoms with Crippen molar-refractivity contribution in [2.75, 3.05) is 0 Å². The molecule has 1 rings (SSSR count). The highest BCUT2D eigenvalue weighted by molar-refractivity contribution is 5.89. The molecule has 0 bridgehead atoms. The van der Waals surface area contributed by atoms with E-state index >= 15 is 0 Å². The van der Waals surface area contributed by atoms with E-state index in [0.717, 1.165) is 18.2 Å². The van der Waals surface area contributed by atoms with Crippen LogP contribution in [0.1, 0.15) is 34.3 Å². The zero-order valence-electron chi connectivity index (χ0n) is 8.28. The van der Waals surface area contributed by atoms with Crippen LogP contribution >= 0.6 is 0 Å². The minimum absolute atomic E-state index is 0.0281. The molecule has 84 valence electrons. The van der Waals surface area contributed by atoms with Crippen LogP contribution < -0.4 is 0 Å². The molecular weight excluding hydrogens is 216 g/mol. The van der Waals surface area contributed by atoms with Crippen molar-refractivity contribution >= 4 is 5.97 Å². The van der Waals surface area contributed by atoms with Crippen LogP contribution in [0.3, 0.4) is 0 Å².